The molecule has 0 bridgehead atoms. The lowest BCUT2D eigenvalue weighted by Crippen LogP contribution is -2.22. The first-order valence-electron chi connectivity index (χ1n) is 5.55. The fourth-order valence-corrected chi connectivity index (χ4v) is 2.58. The Hall–Kier alpha value is -0.650. The number of furan rings is 1. The number of hydrogen-bond donors (Lipinski definition) is 1. The van der Waals surface area contributed by atoms with Crippen molar-refractivity contribution in [1.82, 2.24) is 5.32 Å². The highest BCUT2D eigenvalue weighted by Crippen LogP contribution is 2.31. The van der Waals surface area contributed by atoms with Crippen LogP contribution in [0.2, 0.25) is 0 Å². The Labute approximate surface area is 122 Å². The summed E-state index contributed by atoms with van der Waals surface area (Å²) < 4.78 is 20.4. The van der Waals surface area contributed by atoms with Gasteiger partial charge in [0, 0.05) is 4.47 Å². The van der Waals surface area contributed by atoms with Gasteiger partial charge in [0.05, 0.1) is 6.04 Å². The average molecular weight is 377 g/mol. The van der Waals surface area contributed by atoms with E-state index >= 15 is 0 Å². The van der Waals surface area contributed by atoms with Crippen LogP contribution < -0.4 is 5.32 Å². The highest BCUT2D eigenvalue weighted by molar-refractivity contribution is 9.10. The van der Waals surface area contributed by atoms with Crippen LogP contribution in [0, 0.1) is 5.82 Å². The molecule has 1 unspecified atom stereocenters. The molecule has 5 heteroatoms. The predicted molar refractivity (Wildman–Crippen MR) is 76.0 cm³/mol. The third-order valence-corrected chi connectivity index (χ3v) is 3.70. The van der Waals surface area contributed by atoms with E-state index in [2.05, 4.69) is 37.2 Å². The Balaban J connectivity index is 2.44. The third-order valence-electron chi connectivity index (χ3n) is 2.56. The van der Waals surface area contributed by atoms with E-state index in [9.17, 15) is 4.39 Å². The van der Waals surface area contributed by atoms with E-state index in [4.69, 9.17) is 4.42 Å². The molecular weight excluding hydrogens is 365 g/mol. The van der Waals surface area contributed by atoms with Crippen LogP contribution in [-0.4, -0.2) is 6.54 Å². The van der Waals surface area contributed by atoms with Crippen LogP contribution in [0.15, 0.2) is 43.9 Å². The molecule has 2 rings (SSSR count). The predicted octanol–water partition coefficient (Wildman–Crippen LogP) is 4.64. The molecule has 0 aliphatic rings. The van der Waals surface area contributed by atoms with Crippen LogP contribution in [0.25, 0.3) is 0 Å². The van der Waals surface area contributed by atoms with E-state index in [1.807, 2.05) is 19.1 Å². The summed E-state index contributed by atoms with van der Waals surface area (Å²) in [5.74, 6) is 0.483. The van der Waals surface area contributed by atoms with Gasteiger partial charge in [-0.05, 0) is 58.4 Å². The second-order valence-electron chi connectivity index (χ2n) is 3.80. The zero-order valence-electron chi connectivity index (χ0n) is 9.71. The highest BCUT2D eigenvalue weighted by atomic mass is 79.9. The Morgan fingerprint density at radius 2 is 2.06 bits per heavy atom. The minimum Gasteiger partial charge on any atom is -0.452 e. The second kappa shape index (κ2) is 5.99. The van der Waals surface area contributed by atoms with Crippen LogP contribution >= 0.6 is 31.9 Å². The van der Waals surface area contributed by atoms with Gasteiger partial charge in [0.15, 0.2) is 4.67 Å². The Bertz CT molecular complexity index is 542. The van der Waals surface area contributed by atoms with Crippen LogP contribution in [0.3, 0.4) is 0 Å². The van der Waals surface area contributed by atoms with E-state index in [0.717, 1.165) is 22.3 Å². The minimum atomic E-state index is -0.262. The molecule has 0 amide bonds. The SMILES string of the molecule is CCNC(c1ccc(Br)o1)c1cc(F)ccc1Br. The number of hydrogen-bond acceptors (Lipinski definition) is 2. The first-order chi connectivity index (χ1) is 8.61. The Morgan fingerprint density at radius 1 is 1.28 bits per heavy atom. The molecule has 1 atom stereocenters. The van der Waals surface area contributed by atoms with Crippen LogP contribution in [-0.2, 0) is 0 Å². The molecule has 1 heterocycles. The van der Waals surface area contributed by atoms with E-state index < -0.39 is 0 Å². The van der Waals surface area contributed by atoms with Crippen molar-refractivity contribution >= 4 is 31.9 Å². The summed E-state index contributed by atoms with van der Waals surface area (Å²) in [5, 5.41) is 3.29. The molecule has 1 aromatic heterocycles. The number of benzene rings is 1. The van der Waals surface area contributed by atoms with Crippen molar-refractivity contribution in [2.75, 3.05) is 6.54 Å². The molecule has 18 heavy (non-hydrogen) atoms. The summed E-state index contributed by atoms with van der Waals surface area (Å²) in [7, 11) is 0. The summed E-state index contributed by atoms with van der Waals surface area (Å²) >= 11 is 6.72. The zero-order valence-corrected chi connectivity index (χ0v) is 12.9. The van der Waals surface area contributed by atoms with Crippen molar-refractivity contribution in [2.24, 2.45) is 0 Å². The van der Waals surface area contributed by atoms with Gasteiger partial charge < -0.3 is 9.73 Å². The minimum absolute atomic E-state index is 0.175. The molecule has 2 nitrogen and oxygen atoms in total. The van der Waals surface area contributed by atoms with Crippen LogP contribution in [0.5, 0.6) is 0 Å². The van der Waals surface area contributed by atoms with Gasteiger partial charge in [-0.3, -0.25) is 0 Å². The number of halogens is 3. The molecule has 0 saturated carbocycles. The maximum Gasteiger partial charge on any atom is 0.169 e. The second-order valence-corrected chi connectivity index (χ2v) is 5.43. The molecule has 1 N–H and O–H groups in total. The molecule has 0 radical (unpaired) electrons. The van der Waals surface area contributed by atoms with Crippen molar-refractivity contribution in [3.63, 3.8) is 0 Å². The monoisotopic (exact) mass is 375 g/mol. The van der Waals surface area contributed by atoms with Gasteiger partial charge in [-0.2, -0.15) is 0 Å². The van der Waals surface area contributed by atoms with Gasteiger partial charge in [0.2, 0.25) is 0 Å². The summed E-state index contributed by atoms with van der Waals surface area (Å²) in [5.41, 5.74) is 0.818. The molecule has 1 aromatic carbocycles. The van der Waals surface area contributed by atoms with Gasteiger partial charge in [-0.1, -0.05) is 22.9 Å². The highest BCUT2D eigenvalue weighted by Gasteiger charge is 2.19. The summed E-state index contributed by atoms with van der Waals surface area (Å²) in [6, 6.07) is 8.16. The van der Waals surface area contributed by atoms with Crippen molar-refractivity contribution < 1.29 is 8.81 Å². The fourth-order valence-electron chi connectivity index (χ4n) is 1.79. The summed E-state index contributed by atoms with van der Waals surface area (Å²) in [6.45, 7) is 2.75. The smallest absolute Gasteiger partial charge is 0.169 e. The number of rotatable bonds is 4. The van der Waals surface area contributed by atoms with Gasteiger partial charge >= 0.3 is 0 Å². The van der Waals surface area contributed by atoms with E-state index in [-0.39, 0.29) is 11.9 Å². The maximum absolute atomic E-state index is 13.4. The molecule has 0 fully saturated rings. The maximum atomic E-state index is 13.4. The average Bonchev–Trinajstić information content (AvgIpc) is 2.76. The lowest BCUT2D eigenvalue weighted by Gasteiger charge is -2.17. The molecule has 0 aliphatic heterocycles. The molecule has 96 valence electrons. The third kappa shape index (κ3) is 3.02. The Kier molecular flexibility index (Phi) is 4.59. The fraction of sp³-hybridized carbons (Fsp3) is 0.231. The molecule has 0 spiro atoms. The van der Waals surface area contributed by atoms with Gasteiger partial charge in [-0.25, -0.2) is 4.39 Å². The van der Waals surface area contributed by atoms with Crippen molar-refractivity contribution in [1.29, 1.82) is 0 Å². The largest absolute Gasteiger partial charge is 0.452 e. The van der Waals surface area contributed by atoms with E-state index in [1.165, 1.54) is 12.1 Å². The summed E-state index contributed by atoms with van der Waals surface area (Å²) in [4.78, 5) is 0. The van der Waals surface area contributed by atoms with Crippen LogP contribution in [0.1, 0.15) is 24.3 Å². The van der Waals surface area contributed by atoms with Gasteiger partial charge in [-0.15, -0.1) is 0 Å². The first-order valence-corrected chi connectivity index (χ1v) is 7.14. The van der Waals surface area contributed by atoms with E-state index in [1.54, 1.807) is 6.07 Å². The van der Waals surface area contributed by atoms with Gasteiger partial charge in [0.1, 0.15) is 11.6 Å². The van der Waals surface area contributed by atoms with Crippen molar-refractivity contribution in [2.45, 2.75) is 13.0 Å². The van der Waals surface area contributed by atoms with Crippen LogP contribution in [0.4, 0.5) is 4.39 Å². The molecule has 0 saturated heterocycles. The first kappa shape index (κ1) is 13.8. The normalized spacial score (nSPS) is 12.7. The lowest BCUT2D eigenvalue weighted by atomic mass is 10.0. The molecule has 0 aliphatic carbocycles. The standard InChI is InChI=1S/C13H12Br2FNO/c1-2-17-13(11-5-6-12(15)18-11)9-7-8(16)3-4-10(9)14/h3-7,13,17H,2H2,1H3. The zero-order chi connectivity index (χ0) is 13.1. The number of nitrogens with one attached hydrogen (secondary N) is 1. The quantitative estimate of drug-likeness (QED) is 0.840. The van der Waals surface area contributed by atoms with Crippen molar-refractivity contribution in [3.05, 3.63) is 56.6 Å². The molecule has 2 aromatic rings. The van der Waals surface area contributed by atoms with E-state index in [0.29, 0.717) is 4.67 Å². The lowest BCUT2D eigenvalue weighted by molar-refractivity contribution is 0.436. The van der Waals surface area contributed by atoms with Crippen molar-refractivity contribution in [3.8, 4) is 0 Å². The molecular formula is C13H12Br2FNO. The summed E-state index contributed by atoms with van der Waals surface area (Å²) in [6.07, 6.45) is 0. The van der Waals surface area contributed by atoms with Gasteiger partial charge in [0.25, 0.3) is 0 Å². The Morgan fingerprint density at radius 3 is 2.67 bits per heavy atom. The topological polar surface area (TPSA) is 25.2 Å².